The lowest BCUT2D eigenvalue weighted by Gasteiger charge is -2.16. The second kappa shape index (κ2) is 7.74. The van der Waals surface area contributed by atoms with Gasteiger partial charge in [-0.2, -0.15) is 0 Å². The summed E-state index contributed by atoms with van der Waals surface area (Å²) in [5.41, 5.74) is 3.19. The summed E-state index contributed by atoms with van der Waals surface area (Å²) in [6.45, 7) is 6.86. The zero-order valence-electron chi connectivity index (χ0n) is 12.8. The molecule has 0 spiro atoms. The fourth-order valence-corrected chi connectivity index (χ4v) is 3.12. The second-order valence-corrected chi connectivity index (χ2v) is 5.94. The molecular formula is C17H30N2. The summed E-state index contributed by atoms with van der Waals surface area (Å²) in [5, 5.41) is 3.73. The van der Waals surface area contributed by atoms with Gasteiger partial charge in [0.1, 0.15) is 0 Å². The van der Waals surface area contributed by atoms with Crippen LogP contribution >= 0.6 is 0 Å². The number of aromatic nitrogens is 1. The Hall–Kier alpha value is -0.760. The van der Waals surface area contributed by atoms with Crippen LogP contribution in [0.4, 0.5) is 0 Å². The molecule has 0 saturated heterocycles. The summed E-state index contributed by atoms with van der Waals surface area (Å²) in [7, 11) is 0. The summed E-state index contributed by atoms with van der Waals surface area (Å²) in [6, 6.07) is 0.602. The van der Waals surface area contributed by atoms with Gasteiger partial charge in [-0.15, -0.1) is 0 Å². The number of aryl methyl sites for hydroxylation is 2. The Morgan fingerprint density at radius 3 is 2.84 bits per heavy atom. The van der Waals surface area contributed by atoms with Crippen molar-refractivity contribution in [1.82, 2.24) is 9.88 Å². The van der Waals surface area contributed by atoms with E-state index in [0.29, 0.717) is 6.04 Å². The molecule has 1 aromatic heterocycles. The smallest absolute Gasteiger partial charge is 0.0338 e. The normalized spacial score (nSPS) is 19.2. The van der Waals surface area contributed by atoms with Gasteiger partial charge in [-0.3, -0.25) is 0 Å². The Balaban J connectivity index is 2.03. The number of rotatable bonds is 7. The van der Waals surface area contributed by atoms with Gasteiger partial charge in [0.2, 0.25) is 0 Å². The third-order valence-electron chi connectivity index (χ3n) is 4.22. The topological polar surface area (TPSA) is 17.0 Å². The molecule has 2 heteroatoms. The first kappa shape index (κ1) is 14.6. The van der Waals surface area contributed by atoms with E-state index >= 15 is 0 Å². The summed E-state index contributed by atoms with van der Waals surface area (Å²) in [4.78, 5) is 0. The van der Waals surface area contributed by atoms with E-state index in [0.717, 1.165) is 6.54 Å². The van der Waals surface area contributed by atoms with E-state index in [1.165, 1.54) is 57.9 Å². The number of nitrogens with zero attached hydrogens (tertiary/aromatic N) is 1. The quantitative estimate of drug-likeness (QED) is 0.567. The van der Waals surface area contributed by atoms with Gasteiger partial charge < -0.3 is 9.88 Å². The summed E-state index contributed by atoms with van der Waals surface area (Å²) >= 11 is 0. The first-order valence-electron chi connectivity index (χ1n) is 8.27. The fourth-order valence-electron chi connectivity index (χ4n) is 3.12. The molecule has 1 aliphatic carbocycles. The number of hydrogen-bond acceptors (Lipinski definition) is 1. The van der Waals surface area contributed by atoms with Crippen LogP contribution < -0.4 is 5.32 Å². The van der Waals surface area contributed by atoms with E-state index in [4.69, 9.17) is 0 Å². The highest BCUT2D eigenvalue weighted by Gasteiger charge is 2.19. The number of unbranched alkanes of at least 4 members (excludes halogenated alkanes) is 2. The lowest BCUT2D eigenvalue weighted by Crippen LogP contribution is -2.21. The Bertz CT molecular complexity index is 367. The number of hydrogen-bond donors (Lipinski definition) is 1. The van der Waals surface area contributed by atoms with E-state index < -0.39 is 0 Å². The lowest BCUT2D eigenvalue weighted by atomic mass is 10.0. The van der Waals surface area contributed by atoms with Gasteiger partial charge in [-0.1, -0.05) is 33.1 Å². The molecule has 2 rings (SSSR count). The average Bonchev–Trinajstić information content (AvgIpc) is 2.72. The zero-order valence-corrected chi connectivity index (χ0v) is 12.8. The van der Waals surface area contributed by atoms with E-state index in [-0.39, 0.29) is 0 Å². The van der Waals surface area contributed by atoms with Crippen LogP contribution in [-0.2, 0) is 13.0 Å². The molecule has 108 valence electrons. The van der Waals surface area contributed by atoms with Gasteiger partial charge in [0, 0.05) is 25.0 Å². The van der Waals surface area contributed by atoms with E-state index in [9.17, 15) is 0 Å². The lowest BCUT2D eigenvalue weighted by molar-refractivity contribution is 0.487. The fraction of sp³-hybridized carbons (Fsp3) is 0.765. The highest BCUT2D eigenvalue weighted by Crippen LogP contribution is 2.29. The van der Waals surface area contributed by atoms with Crippen LogP contribution in [0.2, 0.25) is 0 Å². The molecule has 0 aliphatic heterocycles. The molecule has 1 aromatic rings. The monoisotopic (exact) mass is 262 g/mol. The second-order valence-electron chi connectivity index (χ2n) is 5.94. The van der Waals surface area contributed by atoms with Crippen LogP contribution in [0.15, 0.2) is 12.4 Å². The van der Waals surface area contributed by atoms with E-state index in [1.54, 1.807) is 11.1 Å². The number of nitrogens with one attached hydrogen (secondary N) is 1. The summed E-state index contributed by atoms with van der Waals surface area (Å²) < 4.78 is 2.44. The third kappa shape index (κ3) is 4.10. The van der Waals surface area contributed by atoms with Crippen LogP contribution in [0.1, 0.15) is 76.0 Å². The van der Waals surface area contributed by atoms with Crippen molar-refractivity contribution in [2.75, 3.05) is 6.54 Å². The Kier molecular flexibility index (Phi) is 5.96. The molecule has 1 aliphatic rings. The maximum Gasteiger partial charge on any atom is 0.0338 e. The molecule has 0 radical (unpaired) electrons. The SMILES string of the molecule is CCCCCn1cc2c(c1)C(NCCC)CCCC2. The van der Waals surface area contributed by atoms with Crippen molar-refractivity contribution in [3.05, 3.63) is 23.5 Å². The molecule has 19 heavy (non-hydrogen) atoms. The standard InChI is InChI=1S/C17H30N2/c1-3-5-8-12-19-13-15-9-6-7-10-17(16(15)14-19)18-11-4-2/h13-14,17-18H,3-12H2,1-2H3. The van der Waals surface area contributed by atoms with Crippen molar-refractivity contribution in [3.63, 3.8) is 0 Å². The minimum absolute atomic E-state index is 0.602. The van der Waals surface area contributed by atoms with Gasteiger partial charge in [-0.25, -0.2) is 0 Å². The Morgan fingerprint density at radius 1 is 1.16 bits per heavy atom. The van der Waals surface area contributed by atoms with Crippen molar-refractivity contribution < 1.29 is 0 Å². The van der Waals surface area contributed by atoms with Crippen LogP contribution in [-0.4, -0.2) is 11.1 Å². The zero-order chi connectivity index (χ0) is 13.5. The van der Waals surface area contributed by atoms with Gasteiger partial charge in [0.25, 0.3) is 0 Å². The van der Waals surface area contributed by atoms with Crippen LogP contribution in [0.3, 0.4) is 0 Å². The molecule has 0 bridgehead atoms. The highest BCUT2D eigenvalue weighted by molar-refractivity contribution is 5.29. The van der Waals surface area contributed by atoms with Crippen molar-refractivity contribution >= 4 is 0 Å². The molecule has 2 nitrogen and oxygen atoms in total. The van der Waals surface area contributed by atoms with Crippen molar-refractivity contribution in [2.45, 2.75) is 77.8 Å². The van der Waals surface area contributed by atoms with Crippen LogP contribution in [0.25, 0.3) is 0 Å². The molecule has 0 fully saturated rings. The Labute approximate surface area is 118 Å². The first-order chi connectivity index (χ1) is 9.35. The van der Waals surface area contributed by atoms with Gasteiger partial charge >= 0.3 is 0 Å². The predicted molar refractivity (Wildman–Crippen MR) is 82.5 cm³/mol. The molecule has 0 saturated carbocycles. The molecule has 1 atom stereocenters. The molecule has 0 aromatic carbocycles. The van der Waals surface area contributed by atoms with Gasteiger partial charge in [-0.05, 0) is 49.8 Å². The minimum atomic E-state index is 0.602. The minimum Gasteiger partial charge on any atom is -0.354 e. The van der Waals surface area contributed by atoms with Crippen molar-refractivity contribution in [2.24, 2.45) is 0 Å². The van der Waals surface area contributed by atoms with Crippen molar-refractivity contribution in [1.29, 1.82) is 0 Å². The maximum atomic E-state index is 3.73. The number of fused-ring (bicyclic) bond motifs is 1. The third-order valence-corrected chi connectivity index (χ3v) is 4.22. The highest BCUT2D eigenvalue weighted by atomic mass is 15.0. The summed E-state index contributed by atoms with van der Waals surface area (Å²) in [5.74, 6) is 0. The molecule has 0 amide bonds. The van der Waals surface area contributed by atoms with Gasteiger partial charge in [0.05, 0.1) is 0 Å². The average molecular weight is 262 g/mol. The van der Waals surface area contributed by atoms with E-state index in [2.05, 4.69) is 36.1 Å². The molecule has 1 unspecified atom stereocenters. The molecule has 1 heterocycles. The van der Waals surface area contributed by atoms with Crippen LogP contribution in [0.5, 0.6) is 0 Å². The first-order valence-corrected chi connectivity index (χ1v) is 8.27. The molecular weight excluding hydrogens is 232 g/mol. The Morgan fingerprint density at radius 2 is 2.05 bits per heavy atom. The van der Waals surface area contributed by atoms with Crippen molar-refractivity contribution in [3.8, 4) is 0 Å². The largest absolute Gasteiger partial charge is 0.354 e. The van der Waals surface area contributed by atoms with E-state index in [1.807, 2.05) is 0 Å². The van der Waals surface area contributed by atoms with Crippen LogP contribution in [0, 0.1) is 0 Å². The predicted octanol–water partition coefficient (Wildman–Crippen LogP) is 4.45. The molecule has 1 N–H and O–H groups in total. The summed E-state index contributed by atoms with van der Waals surface area (Å²) in [6.07, 6.45) is 15.3. The van der Waals surface area contributed by atoms with Gasteiger partial charge in [0.15, 0.2) is 0 Å². The maximum absolute atomic E-state index is 3.73.